The summed E-state index contributed by atoms with van der Waals surface area (Å²) >= 11 is 1.04. The van der Waals surface area contributed by atoms with Crippen molar-refractivity contribution in [3.8, 4) is 0 Å². The van der Waals surface area contributed by atoms with Crippen molar-refractivity contribution in [1.82, 2.24) is 10.0 Å². The summed E-state index contributed by atoms with van der Waals surface area (Å²) in [4.78, 5) is 22.6. The standard InChI is InChI=1S/C10H14N2O5S2/c1-3-11-10(15)7-4-8(6(2)18-7)19(16,17)12-5-9(13)14/h4,12H,3,5H2,1-2H3,(H,11,15)(H,13,14). The molecule has 0 aliphatic rings. The third-order valence-electron chi connectivity index (χ3n) is 2.14. The third-order valence-corrected chi connectivity index (χ3v) is 4.84. The Labute approximate surface area is 114 Å². The number of carbonyl (C=O) groups is 2. The first-order valence-electron chi connectivity index (χ1n) is 5.38. The number of rotatable bonds is 6. The molecule has 106 valence electrons. The molecule has 1 amide bonds. The largest absolute Gasteiger partial charge is 0.480 e. The van der Waals surface area contributed by atoms with Crippen LogP contribution in [-0.2, 0) is 14.8 Å². The van der Waals surface area contributed by atoms with Crippen molar-refractivity contribution in [2.24, 2.45) is 0 Å². The summed E-state index contributed by atoms with van der Waals surface area (Å²) in [6.45, 7) is 3.05. The summed E-state index contributed by atoms with van der Waals surface area (Å²) in [5.74, 6) is -1.63. The number of nitrogens with one attached hydrogen (secondary N) is 2. The molecule has 0 aromatic carbocycles. The maximum atomic E-state index is 11.9. The lowest BCUT2D eigenvalue weighted by molar-refractivity contribution is -0.135. The van der Waals surface area contributed by atoms with Crippen LogP contribution in [0.3, 0.4) is 0 Å². The topological polar surface area (TPSA) is 113 Å². The van der Waals surface area contributed by atoms with Crippen molar-refractivity contribution < 1.29 is 23.1 Å². The predicted octanol–water partition coefficient (Wildman–Crippen LogP) is 0.169. The van der Waals surface area contributed by atoms with Crippen LogP contribution < -0.4 is 10.0 Å². The van der Waals surface area contributed by atoms with E-state index in [2.05, 4.69) is 5.32 Å². The van der Waals surface area contributed by atoms with Crippen LogP contribution in [-0.4, -0.2) is 38.5 Å². The summed E-state index contributed by atoms with van der Waals surface area (Å²) in [5, 5.41) is 11.0. The van der Waals surface area contributed by atoms with Crippen molar-refractivity contribution in [2.75, 3.05) is 13.1 Å². The summed E-state index contributed by atoms with van der Waals surface area (Å²) in [7, 11) is -3.91. The molecule has 0 aliphatic carbocycles. The molecule has 0 unspecified atom stereocenters. The molecule has 0 bridgehead atoms. The van der Waals surface area contributed by atoms with Gasteiger partial charge in [-0.2, -0.15) is 4.72 Å². The number of aryl methyl sites for hydroxylation is 1. The second-order valence-electron chi connectivity index (χ2n) is 3.61. The normalized spacial score (nSPS) is 11.3. The number of hydrogen-bond acceptors (Lipinski definition) is 5. The number of hydrogen-bond donors (Lipinski definition) is 3. The minimum Gasteiger partial charge on any atom is -0.480 e. The summed E-state index contributed by atoms with van der Waals surface area (Å²) in [6.07, 6.45) is 0. The highest BCUT2D eigenvalue weighted by molar-refractivity contribution is 7.89. The molecule has 1 rings (SSSR count). The lowest BCUT2D eigenvalue weighted by atomic mass is 10.4. The van der Waals surface area contributed by atoms with Gasteiger partial charge >= 0.3 is 5.97 Å². The molecular formula is C10H14N2O5S2. The molecule has 0 saturated carbocycles. The first-order chi connectivity index (χ1) is 8.77. The number of carboxylic acids is 1. The zero-order valence-electron chi connectivity index (χ0n) is 10.4. The smallest absolute Gasteiger partial charge is 0.318 e. The van der Waals surface area contributed by atoms with Gasteiger partial charge in [0, 0.05) is 11.4 Å². The van der Waals surface area contributed by atoms with Gasteiger partial charge in [0.05, 0.1) is 9.77 Å². The van der Waals surface area contributed by atoms with Crippen LogP contribution in [0.1, 0.15) is 21.5 Å². The molecule has 1 heterocycles. The van der Waals surface area contributed by atoms with Crippen LogP contribution in [0.15, 0.2) is 11.0 Å². The molecule has 0 aliphatic heterocycles. The van der Waals surface area contributed by atoms with E-state index in [0.717, 1.165) is 11.3 Å². The molecule has 3 N–H and O–H groups in total. The quantitative estimate of drug-likeness (QED) is 0.693. The average molecular weight is 306 g/mol. The minimum atomic E-state index is -3.91. The monoisotopic (exact) mass is 306 g/mol. The molecule has 0 spiro atoms. The molecule has 7 nitrogen and oxygen atoms in total. The van der Waals surface area contributed by atoms with Gasteiger partial charge < -0.3 is 10.4 Å². The van der Waals surface area contributed by atoms with E-state index in [4.69, 9.17) is 5.11 Å². The van der Waals surface area contributed by atoms with Crippen molar-refractivity contribution in [2.45, 2.75) is 18.7 Å². The van der Waals surface area contributed by atoms with E-state index >= 15 is 0 Å². The van der Waals surface area contributed by atoms with Gasteiger partial charge in [-0.25, -0.2) is 8.42 Å². The Bertz CT molecular complexity index is 591. The first-order valence-corrected chi connectivity index (χ1v) is 7.68. The van der Waals surface area contributed by atoms with E-state index in [1.165, 1.54) is 6.07 Å². The highest BCUT2D eigenvalue weighted by Crippen LogP contribution is 2.25. The first kappa shape index (κ1) is 15.6. The molecule has 0 saturated heterocycles. The molecule has 0 fully saturated rings. The van der Waals surface area contributed by atoms with E-state index in [0.29, 0.717) is 11.4 Å². The summed E-state index contributed by atoms with van der Waals surface area (Å²) in [6, 6.07) is 1.25. The summed E-state index contributed by atoms with van der Waals surface area (Å²) in [5.41, 5.74) is 0. The van der Waals surface area contributed by atoms with Crippen LogP contribution >= 0.6 is 11.3 Å². The highest BCUT2D eigenvalue weighted by atomic mass is 32.2. The SMILES string of the molecule is CCNC(=O)c1cc(S(=O)(=O)NCC(=O)O)c(C)s1. The molecule has 19 heavy (non-hydrogen) atoms. The number of carbonyl (C=O) groups excluding carboxylic acids is 1. The maximum absolute atomic E-state index is 11.9. The third kappa shape index (κ3) is 4.01. The molecule has 1 aromatic heterocycles. The lowest BCUT2D eigenvalue weighted by Gasteiger charge is -2.02. The number of carboxylic acid groups (broad SMARTS) is 1. The Kier molecular flexibility index (Phi) is 5.04. The zero-order valence-corrected chi connectivity index (χ0v) is 12.0. The van der Waals surface area contributed by atoms with E-state index < -0.39 is 22.5 Å². The van der Waals surface area contributed by atoms with E-state index in [1.54, 1.807) is 13.8 Å². The van der Waals surface area contributed by atoms with Crippen molar-refractivity contribution in [3.05, 3.63) is 15.8 Å². The number of thiophene rings is 1. The Hall–Kier alpha value is -1.45. The van der Waals surface area contributed by atoms with Crippen LogP contribution in [0.2, 0.25) is 0 Å². The lowest BCUT2D eigenvalue weighted by Crippen LogP contribution is -2.29. The Balaban J connectivity index is 3.01. The van der Waals surface area contributed by atoms with Crippen molar-refractivity contribution in [3.63, 3.8) is 0 Å². The Morgan fingerprint density at radius 3 is 2.58 bits per heavy atom. The van der Waals surface area contributed by atoms with Crippen LogP contribution in [0.5, 0.6) is 0 Å². The number of sulfonamides is 1. The fourth-order valence-corrected chi connectivity index (χ4v) is 3.81. The second-order valence-corrected chi connectivity index (χ2v) is 6.60. The molecule has 0 atom stereocenters. The van der Waals surface area contributed by atoms with Gasteiger partial charge in [-0.15, -0.1) is 11.3 Å². The van der Waals surface area contributed by atoms with E-state index in [1.807, 2.05) is 4.72 Å². The van der Waals surface area contributed by atoms with Crippen LogP contribution in [0, 0.1) is 6.92 Å². The van der Waals surface area contributed by atoms with Crippen LogP contribution in [0.4, 0.5) is 0 Å². The van der Waals surface area contributed by atoms with Crippen molar-refractivity contribution in [1.29, 1.82) is 0 Å². The van der Waals surface area contributed by atoms with Gasteiger partial charge in [-0.3, -0.25) is 9.59 Å². The van der Waals surface area contributed by atoms with Gasteiger partial charge in [0.1, 0.15) is 6.54 Å². The Morgan fingerprint density at radius 2 is 2.05 bits per heavy atom. The van der Waals surface area contributed by atoms with Crippen LogP contribution in [0.25, 0.3) is 0 Å². The Morgan fingerprint density at radius 1 is 1.42 bits per heavy atom. The predicted molar refractivity (Wildman–Crippen MR) is 69.9 cm³/mol. The number of amides is 1. The van der Waals surface area contributed by atoms with Gasteiger partial charge in [0.25, 0.3) is 5.91 Å². The molecule has 1 aromatic rings. The summed E-state index contributed by atoms with van der Waals surface area (Å²) < 4.78 is 25.7. The van der Waals surface area contributed by atoms with Gasteiger partial charge in [-0.05, 0) is 19.9 Å². The highest BCUT2D eigenvalue weighted by Gasteiger charge is 2.22. The van der Waals surface area contributed by atoms with E-state index in [-0.39, 0.29) is 15.7 Å². The maximum Gasteiger partial charge on any atom is 0.318 e. The zero-order chi connectivity index (χ0) is 14.6. The fourth-order valence-electron chi connectivity index (χ4n) is 1.33. The fraction of sp³-hybridized carbons (Fsp3) is 0.400. The molecule has 9 heteroatoms. The minimum absolute atomic E-state index is 0.0694. The molecule has 0 radical (unpaired) electrons. The van der Waals surface area contributed by atoms with E-state index in [9.17, 15) is 18.0 Å². The van der Waals surface area contributed by atoms with Gasteiger partial charge in [0.15, 0.2) is 0 Å². The van der Waals surface area contributed by atoms with Gasteiger partial charge in [0.2, 0.25) is 10.0 Å². The number of aliphatic carboxylic acids is 1. The van der Waals surface area contributed by atoms with Crippen molar-refractivity contribution >= 4 is 33.2 Å². The average Bonchev–Trinajstić information content (AvgIpc) is 2.70. The second kappa shape index (κ2) is 6.13. The molecular weight excluding hydrogens is 292 g/mol. The van der Waals surface area contributed by atoms with Gasteiger partial charge in [-0.1, -0.05) is 0 Å².